The highest BCUT2D eigenvalue weighted by Crippen LogP contribution is 2.65. The molecule has 8 aliphatic heterocycles. The highest BCUT2D eigenvalue weighted by atomic mass is 32.2. The molecule has 8 aliphatic rings. The number of fused-ring (bicyclic) bond motifs is 4. The normalized spacial score (nSPS) is 31.2. The lowest BCUT2D eigenvalue weighted by Crippen LogP contribution is -2.84. The predicted octanol–water partition coefficient (Wildman–Crippen LogP) is 5.56. The minimum Gasteiger partial charge on any atom is -0.352 e. The first-order valence-corrected chi connectivity index (χ1v) is 32.7. The zero-order chi connectivity index (χ0) is 50.7. The molecule has 4 fully saturated rings. The minimum atomic E-state index is -1.96. The Balaban J connectivity index is 1.07. The Hall–Kier alpha value is -4.07. The fraction of sp³-hybridized carbons (Fsp3) is 0.519. The van der Waals surface area contributed by atoms with Crippen LogP contribution in [-0.2, 0) is 48.2 Å². The molecule has 10 heterocycles. The van der Waals surface area contributed by atoms with Gasteiger partial charge in [0.1, 0.15) is 9.74 Å². The first kappa shape index (κ1) is 50.2. The third kappa shape index (κ3) is 7.54. The molecule has 17 nitrogen and oxygen atoms in total. The van der Waals surface area contributed by atoms with Crippen molar-refractivity contribution in [3.63, 3.8) is 0 Å². The maximum atomic E-state index is 18.4. The number of para-hydroxylation sites is 2. The van der Waals surface area contributed by atoms with Crippen molar-refractivity contribution < 1.29 is 4.21 Å². The van der Waals surface area contributed by atoms with Gasteiger partial charge in [-0.05, 0) is 97.1 Å². The van der Waals surface area contributed by atoms with Gasteiger partial charge in [-0.2, -0.15) is 42.6 Å². The molecule has 4 N–H and O–H groups in total. The number of aromatic nitrogens is 8. The molecule has 76 heavy (non-hydrogen) atoms. The molecule has 0 amide bonds. The number of nitrogens with one attached hydrogen (secondary N) is 4. The molecule has 22 heteroatoms. The van der Waals surface area contributed by atoms with E-state index in [-0.39, 0.29) is 12.1 Å². The van der Waals surface area contributed by atoms with Crippen LogP contribution in [0.1, 0.15) is 70.0 Å². The molecule has 6 aromatic rings. The van der Waals surface area contributed by atoms with E-state index in [2.05, 4.69) is 157 Å². The highest BCUT2D eigenvalue weighted by Gasteiger charge is 2.76. The van der Waals surface area contributed by atoms with E-state index in [1.807, 2.05) is 47.0 Å². The van der Waals surface area contributed by atoms with E-state index in [9.17, 15) is 0 Å². The van der Waals surface area contributed by atoms with Crippen molar-refractivity contribution in [3.05, 3.63) is 142 Å². The summed E-state index contributed by atoms with van der Waals surface area (Å²) in [5, 5.41) is 44.4. The summed E-state index contributed by atoms with van der Waals surface area (Å²) in [6, 6.07) is 35.6. The minimum absolute atomic E-state index is 0.244. The van der Waals surface area contributed by atoms with Crippen molar-refractivity contribution in [3.8, 4) is 0 Å². The van der Waals surface area contributed by atoms with E-state index < -0.39 is 32.2 Å². The van der Waals surface area contributed by atoms with Crippen molar-refractivity contribution in [1.82, 2.24) is 70.3 Å². The van der Waals surface area contributed by atoms with Crippen LogP contribution in [0.2, 0.25) is 0 Å². The predicted molar refractivity (Wildman–Crippen MR) is 307 cm³/mol. The third-order valence-corrected chi connectivity index (χ3v) is 24.3. The van der Waals surface area contributed by atoms with Crippen molar-refractivity contribution in [2.45, 2.75) is 71.7 Å². The average Bonchev–Trinajstić information content (AvgIpc) is 4.11. The van der Waals surface area contributed by atoms with Gasteiger partial charge < -0.3 is 20.4 Å². The lowest BCUT2D eigenvalue weighted by molar-refractivity contribution is -0.0873. The molecular formula is C54H66N16OS5. The Labute approximate surface area is 464 Å². The molecule has 0 radical (unpaired) electrons. The molecule has 6 atom stereocenters. The molecule has 6 unspecified atom stereocenters. The van der Waals surface area contributed by atoms with Crippen molar-refractivity contribution in [2.24, 2.45) is 0 Å². The Morgan fingerprint density at radius 1 is 0.487 bits per heavy atom. The Kier molecular flexibility index (Phi) is 13.8. The number of hydrogen-bond donors (Lipinski definition) is 4. The molecule has 4 saturated heterocycles. The quantitative estimate of drug-likeness (QED) is 0.134. The summed E-state index contributed by atoms with van der Waals surface area (Å²) in [7, 11) is 0. The van der Waals surface area contributed by atoms with E-state index in [4.69, 9.17) is 20.4 Å². The monoisotopic (exact) mass is 1110 g/mol. The molecule has 0 aliphatic carbocycles. The highest BCUT2D eigenvalue weighted by molar-refractivity contribution is 8.01. The number of thioether (sulfide) groups is 4. The van der Waals surface area contributed by atoms with Crippen LogP contribution < -0.4 is 20.4 Å². The second kappa shape index (κ2) is 20.9. The number of hydrogen-bond acceptors (Lipinski definition) is 17. The van der Waals surface area contributed by atoms with Crippen LogP contribution in [-0.4, -0.2) is 174 Å². The topological polar surface area (TPSA) is 169 Å². The van der Waals surface area contributed by atoms with Gasteiger partial charge in [0.25, 0.3) is 0 Å². The zero-order valence-electron chi connectivity index (χ0n) is 42.8. The van der Waals surface area contributed by atoms with Crippen LogP contribution in [0.4, 0.5) is 11.4 Å². The van der Waals surface area contributed by atoms with Gasteiger partial charge in [0.05, 0.1) is 12.1 Å². The van der Waals surface area contributed by atoms with Crippen molar-refractivity contribution in [2.75, 3.05) is 110 Å². The number of rotatable bonds is 10. The van der Waals surface area contributed by atoms with Gasteiger partial charge in [0, 0.05) is 98.2 Å². The Morgan fingerprint density at radius 2 is 0.908 bits per heavy atom. The maximum Gasteiger partial charge on any atom is 0.214 e. The second-order valence-corrected chi connectivity index (χ2v) is 27.4. The second-order valence-electron chi connectivity index (χ2n) is 21.0. The van der Waals surface area contributed by atoms with Crippen LogP contribution in [0.25, 0.3) is 0 Å². The molecule has 398 valence electrons. The molecule has 2 aromatic heterocycles. The maximum absolute atomic E-state index is 18.4. The Morgan fingerprint density at radius 3 is 1.34 bits per heavy atom. The number of aryl methyl sites for hydroxylation is 2. The summed E-state index contributed by atoms with van der Waals surface area (Å²) in [4.78, 5) is 8.88. The van der Waals surface area contributed by atoms with Crippen LogP contribution in [0.5, 0.6) is 0 Å². The summed E-state index contributed by atoms with van der Waals surface area (Å²) >= 11 is 6.01. The zero-order valence-corrected chi connectivity index (χ0v) is 46.8. The van der Waals surface area contributed by atoms with Crippen LogP contribution in [0.15, 0.2) is 97.1 Å². The van der Waals surface area contributed by atoms with Crippen LogP contribution in [0, 0.1) is 0 Å². The van der Waals surface area contributed by atoms with E-state index in [0.29, 0.717) is 36.2 Å². The fourth-order valence-corrected chi connectivity index (χ4v) is 22.5. The number of anilines is 2. The van der Waals surface area contributed by atoms with Gasteiger partial charge >= 0.3 is 0 Å². The van der Waals surface area contributed by atoms with Crippen LogP contribution >= 0.6 is 47.0 Å². The van der Waals surface area contributed by atoms with Gasteiger partial charge in [-0.3, -0.25) is 9.80 Å². The molecule has 0 saturated carbocycles. The number of nitrogens with zero attached hydrogens (tertiary/aromatic N) is 12. The Bertz CT molecular complexity index is 2720. The largest absolute Gasteiger partial charge is 0.352 e. The number of tetrazole rings is 2. The van der Waals surface area contributed by atoms with E-state index in [1.165, 1.54) is 44.8 Å². The van der Waals surface area contributed by atoms with Gasteiger partial charge in [-0.25, -0.2) is 4.21 Å². The van der Waals surface area contributed by atoms with E-state index in [1.54, 1.807) is 0 Å². The molecule has 4 aromatic carbocycles. The molecule has 0 spiro atoms. The third-order valence-electron chi connectivity index (χ3n) is 17.6. The van der Waals surface area contributed by atoms with E-state index >= 15 is 4.21 Å². The molecular weight excluding hydrogens is 1050 g/mol. The summed E-state index contributed by atoms with van der Waals surface area (Å²) in [6.45, 7) is 7.15. The summed E-state index contributed by atoms with van der Waals surface area (Å²) < 4.78 is 23.1. The smallest absolute Gasteiger partial charge is 0.214 e. The lowest BCUT2D eigenvalue weighted by atomic mass is 9.79. The summed E-state index contributed by atoms with van der Waals surface area (Å²) in [5.41, 5.74) is 7.79. The SMILES string of the molecule is O=S(N1CCSC(C2NCCc3ccccc32)(N2CCCc3ccccc32)C1(c1nn[nH]n1)N1CCSCC1)N1CCSC(C2NCCc3ccccc32)(N2CCCc3ccccc32)C1(c1nn[nH]n1)N1CCSCC1. The van der Waals surface area contributed by atoms with E-state index in [0.717, 1.165) is 114 Å². The standard InChI is InChI=1S/C54H66N16OS5/c71-76(69-31-37-74-53(47-43-17-5-1-11-39(43)21-23-55-47,67-25-9-15-41-13-3-7-19-45(41)67)51(69,49-57-61-62-58-49)65-27-33-72-34-28-65)70-32-38-75-54(48-44-18-6-2-12-40(44)22-24-56-48,68-26-10-16-42-14-4-8-20-46(42)68)52(70,50-59-63-64-60-50)66-29-35-73-36-30-66/h1-8,11-14,17-20,47-48,55-56H,9-10,15-16,21-38H2,(H,57,58,61,62)(H,59,60,63,64). The first-order valence-electron chi connectivity index (χ1n) is 27.3. The summed E-state index contributed by atoms with van der Waals surface area (Å²) in [5.74, 6) is 6.13. The number of H-pyrrole nitrogens is 2. The fourth-order valence-electron chi connectivity index (χ4n) is 14.8. The molecule has 14 rings (SSSR count). The lowest BCUT2D eigenvalue weighted by Gasteiger charge is -2.69. The van der Waals surface area contributed by atoms with Crippen molar-refractivity contribution >= 4 is 69.6 Å². The van der Waals surface area contributed by atoms with Gasteiger partial charge in [-0.1, -0.05) is 95.4 Å². The number of benzene rings is 4. The van der Waals surface area contributed by atoms with Crippen molar-refractivity contribution in [1.29, 1.82) is 0 Å². The summed E-state index contributed by atoms with van der Waals surface area (Å²) in [6.07, 6.45) is 5.76. The van der Waals surface area contributed by atoms with Gasteiger partial charge in [0.2, 0.25) is 11.6 Å². The average molecular weight is 1120 g/mol. The van der Waals surface area contributed by atoms with Gasteiger partial charge in [-0.15, -0.1) is 43.9 Å². The molecule has 0 bridgehead atoms. The van der Waals surface area contributed by atoms with Crippen LogP contribution in [0.3, 0.4) is 0 Å². The number of aromatic amines is 2. The van der Waals surface area contributed by atoms with Gasteiger partial charge in [0.15, 0.2) is 22.5 Å². The first-order chi connectivity index (χ1) is 37.6.